The fraction of sp³-hybridized carbons (Fsp3) is 0.450. The van der Waals surface area contributed by atoms with E-state index in [4.69, 9.17) is 21.9 Å². The zero-order chi connectivity index (χ0) is 19.5. The molecule has 0 aliphatic carbocycles. The summed E-state index contributed by atoms with van der Waals surface area (Å²) in [5, 5.41) is 4.98. The minimum Gasteiger partial charge on any atom is -0.356 e. The van der Waals surface area contributed by atoms with Crippen LogP contribution in [0.15, 0.2) is 44.8 Å². The number of nitrogens with two attached hydrogens (primary N) is 1. The Morgan fingerprint density at radius 3 is 2.68 bits per heavy atom. The monoisotopic (exact) mass is 400 g/mol. The molecule has 2 N–H and O–H groups in total. The molecule has 1 unspecified atom stereocenters. The lowest BCUT2D eigenvalue weighted by molar-refractivity contribution is 0.137. The number of piperazine rings is 1. The van der Waals surface area contributed by atoms with Gasteiger partial charge in [0.05, 0.1) is 24.8 Å². The van der Waals surface area contributed by atoms with Crippen molar-refractivity contribution >= 4 is 23.1 Å². The van der Waals surface area contributed by atoms with Crippen LogP contribution in [0.4, 0.5) is 0 Å². The average Bonchev–Trinajstić information content (AvgIpc) is 3.24. The molecule has 2 aliphatic rings. The topological polar surface area (TPSA) is 83.2 Å². The van der Waals surface area contributed by atoms with E-state index in [0.29, 0.717) is 11.6 Å². The largest absolute Gasteiger partial charge is 0.356 e. The van der Waals surface area contributed by atoms with Crippen LogP contribution in [-0.2, 0) is 0 Å². The first kappa shape index (κ1) is 19.1. The first-order chi connectivity index (χ1) is 13.7. The van der Waals surface area contributed by atoms with Crippen molar-refractivity contribution in [1.29, 1.82) is 0 Å². The van der Waals surface area contributed by atoms with E-state index in [1.54, 1.807) is 0 Å². The highest BCUT2D eigenvalue weighted by Crippen LogP contribution is 2.28. The van der Waals surface area contributed by atoms with Gasteiger partial charge in [0, 0.05) is 49.4 Å². The van der Waals surface area contributed by atoms with Gasteiger partial charge in [-0.1, -0.05) is 28.9 Å². The molecular formula is C20H25ClN6O. The molecule has 8 heteroatoms. The minimum atomic E-state index is 0.176. The maximum Gasteiger partial charge on any atom is 0.167 e. The van der Waals surface area contributed by atoms with E-state index in [-0.39, 0.29) is 6.04 Å². The first-order valence-electron chi connectivity index (χ1n) is 9.65. The second kappa shape index (κ2) is 8.43. The van der Waals surface area contributed by atoms with Crippen molar-refractivity contribution in [1.82, 2.24) is 15.0 Å². The second-order valence-corrected chi connectivity index (χ2v) is 7.50. The van der Waals surface area contributed by atoms with Gasteiger partial charge in [-0.2, -0.15) is 0 Å². The Morgan fingerprint density at radius 1 is 1.14 bits per heavy atom. The van der Waals surface area contributed by atoms with Gasteiger partial charge in [-0.15, -0.1) is 0 Å². The van der Waals surface area contributed by atoms with Crippen LogP contribution in [0.3, 0.4) is 0 Å². The summed E-state index contributed by atoms with van der Waals surface area (Å²) in [4.78, 5) is 13.9. The quantitative estimate of drug-likeness (QED) is 0.852. The van der Waals surface area contributed by atoms with Crippen molar-refractivity contribution in [3.8, 4) is 11.3 Å². The Bertz CT molecular complexity index is 884. The standard InChI is InChI=1S/C20H25ClN6O/c1-14(17-12-19(28-25-17)15-3-2-4-16(21)11-15)26-7-9-27(10-8-26)20-18(13-22)23-5-6-24-20/h2-4,11-12,14H,5-10,13,22H2,1H3. The van der Waals surface area contributed by atoms with Crippen LogP contribution in [0.25, 0.3) is 11.3 Å². The van der Waals surface area contributed by atoms with Crippen molar-refractivity contribution in [2.75, 3.05) is 45.8 Å². The SMILES string of the molecule is CC(c1cc(-c2cccc(Cl)c2)on1)N1CCN(C2=NCCN=C2CN)CC1. The smallest absolute Gasteiger partial charge is 0.167 e. The molecule has 2 aliphatic heterocycles. The highest BCUT2D eigenvalue weighted by molar-refractivity contribution is 6.42. The summed E-state index contributed by atoms with van der Waals surface area (Å²) in [5.41, 5.74) is 8.63. The summed E-state index contributed by atoms with van der Waals surface area (Å²) < 4.78 is 5.57. The van der Waals surface area contributed by atoms with Gasteiger partial charge in [0.1, 0.15) is 11.5 Å². The molecule has 2 aromatic rings. The molecule has 1 fully saturated rings. The molecule has 0 radical (unpaired) electrons. The van der Waals surface area contributed by atoms with Crippen molar-refractivity contribution in [3.63, 3.8) is 0 Å². The van der Waals surface area contributed by atoms with Gasteiger partial charge in [0.15, 0.2) is 5.76 Å². The third-order valence-corrected chi connectivity index (χ3v) is 5.58. The maximum atomic E-state index is 6.08. The number of halogens is 1. The summed E-state index contributed by atoms with van der Waals surface area (Å²) in [6, 6.07) is 9.80. The third kappa shape index (κ3) is 3.97. The van der Waals surface area contributed by atoms with Gasteiger partial charge in [0.2, 0.25) is 0 Å². The van der Waals surface area contributed by atoms with Crippen LogP contribution in [0.1, 0.15) is 18.7 Å². The predicted octanol–water partition coefficient (Wildman–Crippen LogP) is 2.49. The number of benzene rings is 1. The van der Waals surface area contributed by atoms with Crippen molar-refractivity contribution in [2.45, 2.75) is 13.0 Å². The third-order valence-electron chi connectivity index (χ3n) is 5.34. The number of hydrogen-bond donors (Lipinski definition) is 1. The molecule has 3 heterocycles. The normalized spacial score (nSPS) is 19.3. The van der Waals surface area contributed by atoms with Crippen LogP contribution in [0.2, 0.25) is 5.02 Å². The Hall–Kier alpha value is -2.22. The van der Waals surface area contributed by atoms with Gasteiger partial charge in [-0.25, -0.2) is 0 Å². The number of hydrogen-bond acceptors (Lipinski definition) is 7. The first-order valence-corrected chi connectivity index (χ1v) is 10.0. The summed E-state index contributed by atoms with van der Waals surface area (Å²) >= 11 is 6.08. The van der Waals surface area contributed by atoms with Crippen molar-refractivity contribution in [2.24, 2.45) is 15.7 Å². The van der Waals surface area contributed by atoms with Crippen LogP contribution < -0.4 is 5.73 Å². The average molecular weight is 401 g/mol. The van der Waals surface area contributed by atoms with E-state index in [9.17, 15) is 0 Å². The Balaban J connectivity index is 1.40. The van der Waals surface area contributed by atoms with Gasteiger partial charge in [-0.3, -0.25) is 14.9 Å². The van der Waals surface area contributed by atoms with E-state index in [2.05, 4.69) is 31.9 Å². The van der Waals surface area contributed by atoms with E-state index in [1.807, 2.05) is 30.3 Å². The maximum absolute atomic E-state index is 6.08. The lowest BCUT2D eigenvalue weighted by Gasteiger charge is -2.39. The number of aliphatic imine (C=N–C) groups is 2. The fourth-order valence-corrected chi connectivity index (χ4v) is 3.90. The molecule has 1 aromatic heterocycles. The summed E-state index contributed by atoms with van der Waals surface area (Å²) in [6.07, 6.45) is 0. The molecule has 148 valence electrons. The highest BCUT2D eigenvalue weighted by atomic mass is 35.5. The summed E-state index contributed by atoms with van der Waals surface area (Å²) in [7, 11) is 0. The Kier molecular flexibility index (Phi) is 5.75. The number of aromatic nitrogens is 1. The zero-order valence-electron chi connectivity index (χ0n) is 16.0. The van der Waals surface area contributed by atoms with Crippen molar-refractivity contribution < 1.29 is 4.52 Å². The molecule has 1 aromatic carbocycles. The van der Waals surface area contributed by atoms with Gasteiger partial charge < -0.3 is 15.2 Å². The number of nitrogens with zero attached hydrogens (tertiary/aromatic N) is 5. The highest BCUT2D eigenvalue weighted by Gasteiger charge is 2.27. The Labute approximate surface area is 169 Å². The second-order valence-electron chi connectivity index (χ2n) is 7.06. The molecule has 0 bridgehead atoms. The lowest BCUT2D eigenvalue weighted by atomic mass is 10.1. The minimum absolute atomic E-state index is 0.176. The van der Waals surface area contributed by atoms with Crippen molar-refractivity contribution in [3.05, 3.63) is 41.0 Å². The fourth-order valence-electron chi connectivity index (χ4n) is 3.71. The Morgan fingerprint density at radius 2 is 1.93 bits per heavy atom. The van der Waals surface area contributed by atoms with Gasteiger partial charge in [0.25, 0.3) is 0 Å². The molecule has 1 atom stereocenters. The zero-order valence-corrected chi connectivity index (χ0v) is 16.8. The van der Waals surface area contributed by atoms with E-state index < -0.39 is 0 Å². The van der Waals surface area contributed by atoms with Crippen LogP contribution >= 0.6 is 11.6 Å². The molecule has 28 heavy (non-hydrogen) atoms. The van der Waals surface area contributed by atoms with E-state index in [0.717, 1.165) is 67.8 Å². The predicted molar refractivity (Wildman–Crippen MR) is 112 cm³/mol. The summed E-state index contributed by atoms with van der Waals surface area (Å²) in [5.74, 6) is 1.72. The van der Waals surface area contributed by atoms with Gasteiger partial charge >= 0.3 is 0 Å². The number of amidine groups is 1. The molecular weight excluding hydrogens is 376 g/mol. The molecule has 0 saturated carbocycles. The van der Waals surface area contributed by atoms with E-state index in [1.165, 1.54) is 0 Å². The molecule has 4 rings (SSSR count). The molecule has 7 nitrogen and oxygen atoms in total. The molecule has 0 spiro atoms. The molecule has 0 amide bonds. The van der Waals surface area contributed by atoms with Gasteiger partial charge in [-0.05, 0) is 19.1 Å². The molecule has 1 saturated heterocycles. The summed E-state index contributed by atoms with van der Waals surface area (Å²) in [6.45, 7) is 7.77. The van der Waals surface area contributed by atoms with Crippen LogP contribution in [0, 0.1) is 0 Å². The van der Waals surface area contributed by atoms with E-state index >= 15 is 0 Å². The number of rotatable bonds is 4. The lowest BCUT2D eigenvalue weighted by Crippen LogP contribution is -2.52. The van der Waals surface area contributed by atoms with Crippen LogP contribution in [0.5, 0.6) is 0 Å². The van der Waals surface area contributed by atoms with Crippen LogP contribution in [-0.4, -0.2) is 72.3 Å².